The van der Waals surface area contributed by atoms with E-state index in [9.17, 15) is 0 Å². The average molecular weight is 223 g/mol. The van der Waals surface area contributed by atoms with E-state index in [0.717, 1.165) is 11.8 Å². The topological polar surface area (TPSA) is 12.9 Å². The van der Waals surface area contributed by atoms with Gasteiger partial charge in [0.15, 0.2) is 0 Å². The first-order valence-corrected chi connectivity index (χ1v) is 6.94. The molecule has 1 saturated carbocycles. The number of aromatic nitrogens is 1. The third-order valence-electron chi connectivity index (χ3n) is 3.40. The predicted octanol–water partition coefficient (Wildman–Crippen LogP) is 4.56. The van der Waals surface area contributed by atoms with Crippen molar-refractivity contribution in [1.82, 2.24) is 4.98 Å². The Morgan fingerprint density at radius 3 is 2.80 bits per heavy atom. The first-order valence-electron chi connectivity index (χ1n) is 6.12. The summed E-state index contributed by atoms with van der Waals surface area (Å²) in [5.41, 5.74) is 0. The molecule has 2 rings (SSSR count). The average Bonchev–Trinajstić information content (AvgIpc) is 2.66. The van der Waals surface area contributed by atoms with Crippen LogP contribution in [0.1, 0.15) is 68.2 Å². The third-order valence-corrected chi connectivity index (χ3v) is 4.86. The van der Waals surface area contributed by atoms with Crippen molar-refractivity contribution in [3.8, 4) is 0 Å². The number of thiazole rings is 1. The summed E-state index contributed by atoms with van der Waals surface area (Å²) in [6, 6.07) is 0. The van der Waals surface area contributed by atoms with Crippen LogP contribution in [0.2, 0.25) is 0 Å². The Hall–Kier alpha value is -0.370. The molecule has 0 N–H and O–H groups in total. The monoisotopic (exact) mass is 223 g/mol. The van der Waals surface area contributed by atoms with Crippen molar-refractivity contribution in [3.05, 3.63) is 16.1 Å². The maximum Gasteiger partial charge on any atom is 0.0958 e. The van der Waals surface area contributed by atoms with Crippen LogP contribution >= 0.6 is 11.3 Å². The molecule has 0 radical (unpaired) electrons. The third kappa shape index (κ3) is 2.60. The SMILES string of the molecule is CC1CCCC(c2ncc(C(C)C)s2)C1. The molecule has 0 aliphatic heterocycles. The van der Waals surface area contributed by atoms with Gasteiger partial charge in [0.1, 0.15) is 0 Å². The summed E-state index contributed by atoms with van der Waals surface area (Å²) in [5, 5.41) is 1.39. The Balaban J connectivity index is 2.08. The van der Waals surface area contributed by atoms with Crippen LogP contribution in [0.3, 0.4) is 0 Å². The van der Waals surface area contributed by atoms with Gasteiger partial charge in [0.05, 0.1) is 5.01 Å². The molecule has 0 amide bonds. The van der Waals surface area contributed by atoms with Gasteiger partial charge in [0.2, 0.25) is 0 Å². The van der Waals surface area contributed by atoms with Gasteiger partial charge < -0.3 is 0 Å². The van der Waals surface area contributed by atoms with Gasteiger partial charge in [0.25, 0.3) is 0 Å². The number of rotatable bonds is 2. The van der Waals surface area contributed by atoms with Gasteiger partial charge in [-0.3, -0.25) is 0 Å². The van der Waals surface area contributed by atoms with E-state index in [1.807, 2.05) is 11.3 Å². The van der Waals surface area contributed by atoms with E-state index >= 15 is 0 Å². The zero-order valence-corrected chi connectivity index (χ0v) is 10.8. The quantitative estimate of drug-likeness (QED) is 0.716. The molecule has 0 saturated heterocycles. The van der Waals surface area contributed by atoms with Gasteiger partial charge >= 0.3 is 0 Å². The fourth-order valence-corrected chi connectivity index (χ4v) is 3.48. The summed E-state index contributed by atoms with van der Waals surface area (Å²) in [4.78, 5) is 6.06. The van der Waals surface area contributed by atoms with Crippen LogP contribution in [-0.4, -0.2) is 4.98 Å². The second-order valence-electron chi connectivity index (χ2n) is 5.22. The predicted molar refractivity (Wildman–Crippen MR) is 66.6 cm³/mol. The summed E-state index contributed by atoms with van der Waals surface area (Å²) >= 11 is 1.94. The van der Waals surface area contributed by atoms with Gasteiger partial charge in [-0.15, -0.1) is 11.3 Å². The fourth-order valence-electron chi connectivity index (χ4n) is 2.41. The van der Waals surface area contributed by atoms with E-state index in [-0.39, 0.29) is 0 Å². The number of hydrogen-bond donors (Lipinski definition) is 0. The zero-order chi connectivity index (χ0) is 10.8. The largest absolute Gasteiger partial charge is 0.249 e. The second-order valence-corrected chi connectivity index (χ2v) is 6.32. The van der Waals surface area contributed by atoms with Crippen molar-refractivity contribution in [2.24, 2.45) is 5.92 Å². The molecule has 2 heteroatoms. The van der Waals surface area contributed by atoms with Gasteiger partial charge in [-0.05, 0) is 24.7 Å². The van der Waals surface area contributed by atoms with E-state index in [2.05, 4.69) is 32.0 Å². The van der Waals surface area contributed by atoms with Crippen LogP contribution in [0.25, 0.3) is 0 Å². The van der Waals surface area contributed by atoms with Crippen molar-refractivity contribution in [2.75, 3.05) is 0 Å². The van der Waals surface area contributed by atoms with Crippen molar-refractivity contribution < 1.29 is 0 Å². The molecule has 0 bridgehead atoms. The van der Waals surface area contributed by atoms with Crippen molar-refractivity contribution in [3.63, 3.8) is 0 Å². The number of hydrogen-bond acceptors (Lipinski definition) is 2. The first kappa shape index (κ1) is 11.1. The summed E-state index contributed by atoms with van der Waals surface area (Å²) in [6.45, 7) is 6.88. The lowest BCUT2D eigenvalue weighted by Crippen LogP contribution is -2.11. The van der Waals surface area contributed by atoms with Crippen LogP contribution in [0, 0.1) is 5.92 Å². The molecule has 0 aromatic carbocycles. The van der Waals surface area contributed by atoms with Crippen LogP contribution in [0.4, 0.5) is 0 Å². The normalized spacial score (nSPS) is 27.2. The lowest BCUT2D eigenvalue weighted by Gasteiger charge is -2.24. The van der Waals surface area contributed by atoms with Crippen LogP contribution in [0.5, 0.6) is 0 Å². The van der Waals surface area contributed by atoms with Crippen molar-refractivity contribution in [2.45, 2.75) is 58.3 Å². The minimum Gasteiger partial charge on any atom is -0.249 e. The lowest BCUT2D eigenvalue weighted by atomic mass is 9.83. The molecule has 1 aliphatic rings. The summed E-state index contributed by atoms with van der Waals surface area (Å²) in [6.07, 6.45) is 7.60. The Morgan fingerprint density at radius 1 is 1.40 bits per heavy atom. The van der Waals surface area contributed by atoms with E-state index in [4.69, 9.17) is 0 Å². The summed E-state index contributed by atoms with van der Waals surface area (Å²) < 4.78 is 0. The molecule has 1 fully saturated rings. The van der Waals surface area contributed by atoms with Gasteiger partial charge in [-0.1, -0.05) is 33.6 Å². The highest BCUT2D eigenvalue weighted by Crippen LogP contribution is 2.38. The molecule has 1 aromatic heterocycles. The molecule has 1 aromatic rings. The maximum atomic E-state index is 4.61. The minimum atomic E-state index is 0.636. The second kappa shape index (κ2) is 4.65. The highest BCUT2D eigenvalue weighted by atomic mass is 32.1. The van der Waals surface area contributed by atoms with E-state index in [1.54, 1.807) is 0 Å². The fraction of sp³-hybridized carbons (Fsp3) is 0.769. The Bertz CT molecular complexity index is 316. The molecule has 2 unspecified atom stereocenters. The van der Waals surface area contributed by atoms with E-state index in [1.165, 1.54) is 35.6 Å². The standard InChI is InChI=1S/C13H21NS/c1-9(2)12-8-14-13(15-12)11-6-4-5-10(3)7-11/h8-11H,4-7H2,1-3H3. The van der Waals surface area contributed by atoms with Crippen LogP contribution < -0.4 is 0 Å². The smallest absolute Gasteiger partial charge is 0.0958 e. The molecule has 1 aliphatic carbocycles. The van der Waals surface area contributed by atoms with Gasteiger partial charge in [-0.25, -0.2) is 4.98 Å². The van der Waals surface area contributed by atoms with E-state index < -0.39 is 0 Å². The van der Waals surface area contributed by atoms with Crippen LogP contribution in [0.15, 0.2) is 6.20 Å². The summed E-state index contributed by atoms with van der Waals surface area (Å²) in [7, 11) is 0. The van der Waals surface area contributed by atoms with Gasteiger partial charge in [-0.2, -0.15) is 0 Å². The van der Waals surface area contributed by atoms with Crippen LogP contribution in [-0.2, 0) is 0 Å². The Labute approximate surface area is 96.9 Å². The molecule has 15 heavy (non-hydrogen) atoms. The van der Waals surface area contributed by atoms with Crippen molar-refractivity contribution >= 4 is 11.3 Å². The lowest BCUT2D eigenvalue weighted by molar-refractivity contribution is 0.343. The van der Waals surface area contributed by atoms with Gasteiger partial charge in [0, 0.05) is 17.0 Å². The summed E-state index contributed by atoms with van der Waals surface area (Å²) in [5.74, 6) is 2.29. The molecular formula is C13H21NS. The molecule has 1 heterocycles. The molecule has 0 spiro atoms. The molecule has 2 atom stereocenters. The Kier molecular flexibility index (Phi) is 3.45. The highest BCUT2D eigenvalue weighted by molar-refractivity contribution is 7.11. The van der Waals surface area contributed by atoms with E-state index in [0.29, 0.717) is 5.92 Å². The molecular weight excluding hydrogens is 202 g/mol. The minimum absolute atomic E-state index is 0.636. The van der Waals surface area contributed by atoms with Crippen molar-refractivity contribution in [1.29, 1.82) is 0 Å². The molecule has 1 nitrogen and oxygen atoms in total. The Morgan fingerprint density at radius 2 is 2.20 bits per heavy atom. The molecule has 84 valence electrons. The highest BCUT2D eigenvalue weighted by Gasteiger charge is 2.23. The maximum absolute atomic E-state index is 4.61. The zero-order valence-electron chi connectivity index (χ0n) is 9.99. The first-order chi connectivity index (χ1) is 7.16. The number of nitrogens with zero attached hydrogens (tertiary/aromatic N) is 1.